The maximum atomic E-state index is 5.87. The fourth-order valence-corrected chi connectivity index (χ4v) is 1.98. The van der Waals surface area contributed by atoms with Gasteiger partial charge in [0, 0.05) is 18.7 Å². The van der Waals surface area contributed by atoms with Gasteiger partial charge in [-0.25, -0.2) is 0 Å². The van der Waals surface area contributed by atoms with Crippen molar-refractivity contribution in [2.24, 2.45) is 5.92 Å². The average molecular weight is 270 g/mol. The molecule has 0 spiro atoms. The molecule has 1 rings (SSSR count). The molecule has 2 nitrogen and oxygen atoms in total. The quantitative estimate of drug-likeness (QED) is 0.693. The Kier molecular flexibility index (Phi) is 8.06. The van der Waals surface area contributed by atoms with Gasteiger partial charge < -0.3 is 10.1 Å². The van der Waals surface area contributed by atoms with Crippen LogP contribution in [0.5, 0.6) is 0 Å². The third kappa shape index (κ3) is 7.00. The molecule has 0 saturated heterocycles. The van der Waals surface area contributed by atoms with Crippen LogP contribution in [0.4, 0.5) is 0 Å². The third-order valence-corrected chi connectivity index (χ3v) is 3.39. The van der Waals surface area contributed by atoms with E-state index in [0.29, 0.717) is 0 Å². The van der Waals surface area contributed by atoms with Gasteiger partial charge in [-0.2, -0.15) is 0 Å². The lowest BCUT2D eigenvalue weighted by atomic mass is 9.98. The molecule has 0 aromatic heterocycles. The van der Waals surface area contributed by atoms with Crippen molar-refractivity contribution in [3.05, 3.63) is 34.9 Å². The molecule has 1 atom stereocenters. The monoisotopic (exact) mass is 269 g/mol. The molecular weight excluding hydrogens is 246 g/mol. The van der Waals surface area contributed by atoms with Gasteiger partial charge in [0.15, 0.2) is 0 Å². The van der Waals surface area contributed by atoms with Crippen LogP contribution in [-0.2, 0) is 11.2 Å². The molecule has 0 heterocycles. The van der Waals surface area contributed by atoms with Crippen LogP contribution in [0.15, 0.2) is 24.3 Å². The number of hydrogen-bond donors (Lipinski definition) is 1. The summed E-state index contributed by atoms with van der Waals surface area (Å²) in [4.78, 5) is 0. The maximum absolute atomic E-state index is 5.87. The Bertz CT molecular complexity index is 313. The number of rotatable bonds is 9. The van der Waals surface area contributed by atoms with E-state index in [2.05, 4.69) is 24.4 Å². The molecule has 0 aliphatic carbocycles. The van der Waals surface area contributed by atoms with Gasteiger partial charge in [0.25, 0.3) is 0 Å². The minimum Gasteiger partial charge on any atom is -0.383 e. The fourth-order valence-electron chi connectivity index (χ4n) is 1.86. The van der Waals surface area contributed by atoms with Crippen molar-refractivity contribution in [3.8, 4) is 0 Å². The zero-order valence-electron chi connectivity index (χ0n) is 11.4. The first-order valence-electron chi connectivity index (χ1n) is 6.66. The topological polar surface area (TPSA) is 21.3 Å². The first-order chi connectivity index (χ1) is 8.72. The lowest BCUT2D eigenvalue weighted by molar-refractivity contribution is 0.199. The highest BCUT2D eigenvalue weighted by atomic mass is 35.5. The van der Waals surface area contributed by atoms with Crippen LogP contribution in [-0.4, -0.2) is 26.8 Å². The second-order valence-corrected chi connectivity index (χ2v) is 5.24. The average Bonchev–Trinajstić information content (AvgIpc) is 2.38. The number of nitrogens with one attached hydrogen (secondary N) is 1. The summed E-state index contributed by atoms with van der Waals surface area (Å²) in [6.07, 6.45) is 3.58. The standard InChI is InChI=1S/C15H24ClNO/c1-13(9-10-17-11-12-18-2)3-4-14-5-7-15(16)8-6-14/h5-8,13,17H,3-4,9-12H2,1-2H3. The van der Waals surface area contributed by atoms with Crippen molar-refractivity contribution in [2.75, 3.05) is 26.8 Å². The van der Waals surface area contributed by atoms with Gasteiger partial charge in [0.2, 0.25) is 0 Å². The van der Waals surface area contributed by atoms with E-state index in [1.54, 1.807) is 7.11 Å². The van der Waals surface area contributed by atoms with Crippen molar-refractivity contribution in [2.45, 2.75) is 26.2 Å². The predicted octanol–water partition coefficient (Wildman–Crippen LogP) is 3.53. The summed E-state index contributed by atoms with van der Waals surface area (Å²) in [5.41, 5.74) is 1.37. The molecule has 1 N–H and O–H groups in total. The molecule has 1 aromatic carbocycles. The molecule has 18 heavy (non-hydrogen) atoms. The minimum atomic E-state index is 0.746. The molecular formula is C15H24ClNO. The fraction of sp³-hybridized carbons (Fsp3) is 0.600. The first kappa shape index (κ1) is 15.5. The van der Waals surface area contributed by atoms with E-state index in [1.807, 2.05) is 12.1 Å². The van der Waals surface area contributed by atoms with Gasteiger partial charge in [0.1, 0.15) is 0 Å². The van der Waals surface area contributed by atoms with Gasteiger partial charge >= 0.3 is 0 Å². The van der Waals surface area contributed by atoms with Crippen molar-refractivity contribution >= 4 is 11.6 Å². The number of halogens is 1. The molecule has 0 aliphatic rings. The smallest absolute Gasteiger partial charge is 0.0587 e. The van der Waals surface area contributed by atoms with E-state index in [0.717, 1.165) is 37.1 Å². The van der Waals surface area contributed by atoms with Gasteiger partial charge in [-0.15, -0.1) is 0 Å². The lowest BCUT2D eigenvalue weighted by Crippen LogP contribution is -2.21. The Balaban J connectivity index is 2.09. The minimum absolute atomic E-state index is 0.746. The summed E-state index contributed by atoms with van der Waals surface area (Å²) in [6.45, 7) is 5.12. The second-order valence-electron chi connectivity index (χ2n) is 4.80. The number of aryl methyl sites for hydroxylation is 1. The number of hydrogen-bond acceptors (Lipinski definition) is 2. The van der Waals surface area contributed by atoms with E-state index < -0.39 is 0 Å². The molecule has 3 heteroatoms. The third-order valence-electron chi connectivity index (χ3n) is 3.14. The van der Waals surface area contributed by atoms with Crippen LogP contribution in [0.3, 0.4) is 0 Å². The van der Waals surface area contributed by atoms with E-state index in [-0.39, 0.29) is 0 Å². The van der Waals surface area contributed by atoms with E-state index >= 15 is 0 Å². The van der Waals surface area contributed by atoms with Gasteiger partial charge in [-0.1, -0.05) is 30.7 Å². The van der Waals surface area contributed by atoms with E-state index in [1.165, 1.54) is 18.4 Å². The van der Waals surface area contributed by atoms with E-state index in [4.69, 9.17) is 16.3 Å². The summed E-state index contributed by atoms with van der Waals surface area (Å²) < 4.78 is 4.99. The van der Waals surface area contributed by atoms with Gasteiger partial charge in [0.05, 0.1) is 6.61 Å². The maximum Gasteiger partial charge on any atom is 0.0587 e. The number of methoxy groups -OCH3 is 1. The van der Waals surface area contributed by atoms with Gasteiger partial charge in [-0.05, 0) is 49.4 Å². The Morgan fingerprint density at radius 3 is 2.56 bits per heavy atom. The molecule has 0 bridgehead atoms. The summed E-state index contributed by atoms with van der Waals surface area (Å²) in [5.74, 6) is 0.746. The molecule has 0 radical (unpaired) electrons. The molecule has 102 valence electrons. The zero-order valence-corrected chi connectivity index (χ0v) is 12.2. The van der Waals surface area contributed by atoms with Crippen molar-refractivity contribution < 1.29 is 4.74 Å². The molecule has 0 fully saturated rings. The molecule has 0 amide bonds. The van der Waals surface area contributed by atoms with E-state index in [9.17, 15) is 0 Å². The van der Waals surface area contributed by atoms with Crippen LogP contribution < -0.4 is 5.32 Å². The SMILES string of the molecule is COCCNCCC(C)CCc1ccc(Cl)cc1. The van der Waals surface area contributed by atoms with Crippen LogP contribution in [0.25, 0.3) is 0 Å². The first-order valence-corrected chi connectivity index (χ1v) is 7.04. The van der Waals surface area contributed by atoms with Crippen LogP contribution >= 0.6 is 11.6 Å². The number of ether oxygens (including phenoxy) is 1. The summed E-state index contributed by atoms with van der Waals surface area (Å²) in [5, 5.41) is 4.19. The van der Waals surface area contributed by atoms with Crippen LogP contribution in [0.2, 0.25) is 5.02 Å². The normalized spacial score (nSPS) is 12.6. The summed E-state index contributed by atoms with van der Waals surface area (Å²) >= 11 is 5.87. The Labute approximate surface area is 116 Å². The summed E-state index contributed by atoms with van der Waals surface area (Å²) in [6, 6.07) is 8.17. The number of benzene rings is 1. The predicted molar refractivity (Wildman–Crippen MR) is 78.3 cm³/mol. The molecule has 1 unspecified atom stereocenters. The van der Waals surface area contributed by atoms with Crippen molar-refractivity contribution in [1.29, 1.82) is 0 Å². The zero-order chi connectivity index (χ0) is 13.2. The Hall–Kier alpha value is -0.570. The van der Waals surface area contributed by atoms with Crippen LogP contribution in [0, 0.1) is 5.92 Å². The molecule has 1 aromatic rings. The second kappa shape index (κ2) is 9.37. The highest BCUT2D eigenvalue weighted by molar-refractivity contribution is 6.30. The highest BCUT2D eigenvalue weighted by Crippen LogP contribution is 2.14. The van der Waals surface area contributed by atoms with Crippen molar-refractivity contribution in [3.63, 3.8) is 0 Å². The lowest BCUT2D eigenvalue weighted by Gasteiger charge is -2.12. The van der Waals surface area contributed by atoms with Crippen molar-refractivity contribution in [1.82, 2.24) is 5.32 Å². The summed E-state index contributed by atoms with van der Waals surface area (Å²) in [7, 11) is 1.73. The van der Waals surface area contributed by atoms with Gasteiger partial charge in [-0.3, -0.25) is 0 Å². The Morgan fingerprint density at radius 1 is 1.17 bits per heavy atom. The van der Waals surface area contributed by atoms with Crippen LogP contribution in [0.1, 0.15) is 25.3 Å². The molecule has 0 aliphatic heterocycles. The molecule has 0 saturated carbocycles. The highest BCUT2D eigenvalue weighted by Gasteiger charge is 2.02. The largest absolute Gasteiger partial charge is 0.383 e. The Morgan fingerprint density at radius 2 is 1.89 bits per heavy atom.